The van der Waals surface area contributed by atoms with Crippen molar-refractivity contribution in [3.05, 3.63) is 66.3 Å². The van der Waals surface area contributed by atoms with Crippen LogP contribution in [0.1, 0.15) is 32.3 Å². The fraction of sp³-hybridized carbons (Fsp3) is 0.481. The first-order valence-corrected chi connectivity index (χ1v) is 13.8. The Kier molecular flexibility index (Phi) is 10.2. The Bertz CT molecular complexity index is 1130. The number of aliphatic hydroxyl groups is 1. The molecule has 37 heavy (non-hydrogen) atoms. The fourth-order valence-corrected chi connectivity index (χ4v) is 5.18. The van der Waals surface area contributed by atoms with Crippen molar-refractivity contribution in [3.8, 4) is 0 Å². The summed E-state index contributed by atoms with van der Waals surface area (Å²) < 4.78 is 45.2. The van der Waals surface area contributed by atoms with Crippen molar-refractivity contribution in [2.24, 2.45) is 11.8 Å². The van der Waals surface area contributed by atoms with Gasteiger partial charge in [0.05, 0.1) is 29.9 Å². The molecule has 0 fully saturated rings. The van der Waals surface area contributed by atoms with Crippen molar-refractivity contribution in [2.75, 3.05) is 13.2 Å². The van der Waals surface area contributed by atoms with Gasteiger partial charge in [-0.15, -0.1) is 0 Å². The van der Waals surface area contributed by atoms with Crippen LogP contribution in [0, 0.1) is 18.8 Å². The van der Waals surface area contributed by atoms with Crippen LogP contribution in [-0.4, -0.2) is 63.0 Å². The number of carbonyl (C=O) groups is 2. The molecular formula is C27H35NO8S. The van der Waals surface area contributed by atoms with Gasteiger partial charge in [0, 0.05) is 5.92 Å². The number of cyclic esters (lactones) is 2. The molecule has 2 bridgehead atoms. The third-order valence-corrected chi connectivity index (χ3v) is 7.79. The molecule has 202 valence electrons. The molecule has 0 aromatic heterocycles. The van der Waals surface area contributed by atoms with Gasteiger partial charge < -0.3 is 19.3 Å². The summed E-state index contributed by atoms with van der Waals surface area (Å²) in [5.41, 5.74) is 0.926. The number of hydrogen-bond donors (Lipinski definition) is 2. The molecule has 0 amide bonds. The molecule has 6 atom stereocenters. The van der Waals surface area contributed by atoms with Gasteiger partial charge in [0.25, 0.3) is 0 Å². The first-order chi connectivity index (χ1) is 17.5. The lowest BCUT2D eigenvalue weighted by Crippen LogP contribution is -2.42. The second-order valence-corrected chi connectivity index (χ2v) is 11.1. The molecule has 2 heterocycles. The maximum absolute atomic E-state index is 13.0. The number of hydrogen-bond acceptors (Lipinski definition) is 8. The Morgan fingerprint density at radius 1 is 0.865 bits per heavy atom. The van der Waals surface area contributed by atoms with Gasteiger partial charge in [0.1, 0.15) is 25.4 Å². The second kappa shape index (κ2) is 13.1. The predicted molar refractivity (Wildman–Crippen MR) is 137 cm³/mol. The molecular weight excluding hydrogens is 498 g/mol. The van der Waals surface area contributed by atoms with Gasteiger partial charge in [-0.2, -0.15) is 0 Å². The predicted octanol–water partition coefficient (Wildman–Crippen LogP) is 2.59. The summed E-state index contributed by atoms with van der Waals surface area (Å²) in [6.07, 6.45) is 8.07. The highest BCUT2D eigenvalue weighted by atomic mass is 32.2. The Hall–Kier alpha value is -2.79. The van der Waals surface area contributed by atoms with Crippen LogP contribution in [0.2, 0.25) is 0 Å². The van der Waals surface area contributed by atoms with Gasteiger partial charge in [-0.3, -0.25) is 9.59 Å². The van der Waals surface area contributed by atoms with Gasteiger partial charge in [0.2, 0.25) is 10.0 Å². The average molecular weight is 534 g/mol. The maximum atomic E-state index is 13.0. The normalized spacial score (nSPS) is 30.2. The number of fused-ring (bicyclic) bond motifs is 2. The highest BCUT2D eigenvalue weighted by molar-refractivity contribution is 7.89. The van der Waals surface area contributed by atoms with E-state index in [1.54, 1.807) is 49.4 Å². The van der Waals surface area contributed by atoms with Gasteiger partial charge in [-0.25, -0.2) is 13.1 Å². The van der Waals surface area contributed by atoms with E-state index in [1.807, 2.05) is 19.9 Å². The van der Waals surface area contributed by atoms with Crippen LogP contribution in [0.25, 0.3) is 0 Å². The first-order valence-electron chi connectivity index (χ1n) is 12.3. The number of sulfonamides is 1. The summed E-state index contributed by atoms with van der Waals surface area (Å²) >= 11 is 0. The first kappa shape index (κ1) is 28.8. The van der Waals surface area contributed by atoms with E-state index in [4.69, 9.17) is 14.2 Å². The highest BCUT2D eigenvalue weighted by Crippen LogP contribution is 2.21. The fourth-order valence-electron chi connectivity index (χ4n) is 3.87. The van der Waals surface area contributed by atoms with Gasteiger partial charge in [-0.05, 0) is 25.0 Å². The summed E-state index contributed by atoms with van der Waals surface area (Å²) in [6.45, 7) is 5.23. The van der Waals surface area contributed by atoms with Crippen LogP contribution >= 0.6 is 0 Å². The Morgan fingerprint density at radius 2 is 1.46 bits per heavy atom. The zero-order valence-corrected chi connectivity index (χ0v) is 22.1. The number of carbonyl (C=O) groups excluding carboxylic acids is 2. The largest absolute Gasteiger partial charge is 0.464 e. The summed E-state index contributed by atoms with van der Waals surface area (Å²) in [7, 11) is -3.88. The number of nitrogens with one attached hydrogen (secondary N) is 1. The van der Waals surface area contributed by atoms with Gasteiger partial charge >= 0.3 is 11.9 Å². The molecule has 0 radical (unpaired) electrons. The van der Waals surface area contributed by atoms with Gasteiger partial charge in [-0.1, -0.05) is 68.0 Å². The molecule has 2 N–H and O–H groups in total. The monoisotopic (exact) mass is 533 g/mol. The minimum absolute atomic E-state index is 0.00604. The molecule has 0 unspecified atom stereocenters. The third kappa shape index (κ3) is 8.63. The van der Waals surface area contributed by atoms with Crippen molar-refractivity contribution in [1.82, 2.24) is 4.72 Å². The van der Waals surface area contributed by atoms with E-state index in [-0.39, 0.29) is 43.0 Å². The van der Waals surface area contributed by atoms with E-state index in [1.165, 1.54) is 12.1 Å². The summed E-state index contributed by atoms with van der Waals surface area (Å²) in [4.78, 5) is 24.8. The van der Waals surface area contributed by atoms with E-state index < -0.39 is 46.1 Å². The quantitative estimate of drug-likeness (QED) is 0.448. The molecule has 1 aromatic rings. The Labute approximate surface area is 218 Å². The Morgan fingerprint density at radius 3 is 2.11 bits per heavy atom. The van der Waals surface area contributed by atoms with E-state index >= 15 is 0 Å². The van der Waals surface area contributed by atoms with Crippen LogP contribution in [0.4, 0.5) is 0 Å². The second-order valence-electron chi connectivity index (χ2n) is 9.40. The number of aryl methyl sites for hydroxylation is 1. The molecule has 3 rings (SSSR count). The van der Waals surface area contributed by atoms with E-state index in [0.29, 0.717) is 0 Å². The zero-order valence-electron chi connectivity index (χ0n) is 21.3. The van der Waals surface area contributed by atoms with Crippen LogP contribution in [-0.2, 0) is 33.8 Å². The van der Waals surface area contributed by atoms with Crippen LogP contribution < -0.4 is 4.72 Å². The molecule has 0 spiro atoms. The van der Waals surface area contributed by atoms with Crippen LogP contribution in [0.5, 0.6) is 0 Å². The number of esters is 2. The number of ether oxygens (including phenoxy) is 3. The molecule has 10 heteroatoms. The molecule has 2 aliphatic rings. The minimum Gasteiger partial charge on any atom is -0.464 e. The molecule has 0 aliphatic carbocycles. The maximum Gasteiger partial charge on any atom is 0.309 e. The van der Waals surface area contributed by atoms with Gasteiger partial charge in [0.15, 0.2) is 0 Å². The number of rotatable bonds is 3. The standard InChI is InChI=1S/C27H35NO8S/c1-18-10-12-21(13-11-18)37(32,33)28-22-16-34-26(30)9-5-7-20(3)24-15-14-23(29)25(36-24)17-35-27(31)8-4-6-19(22)2/h4-7,10-15,19-20,22-25,28-29H,8-9,16-17H2,1-3H3/t19-,20-,22-,23+,24+,25-/m1/s1. The lowest BCUT2D eigenvalue weighted by atomic mass is 9.99. The van der Waals surface area contributed by atoms with Crippen molar-refractivity contribution in [3.63, 3.8) is 0 Å². The average Bonchev–Trinajstić information content (AvgIpc) is 2.85. The van der Waals surface area contributed by atoms with Crippen molar-refractivity contribution >= 4 is 22.0 Å². The van der Waals surface area contributed by atoms with Crippen molar-refractivity contribution in [1.29, 1.82) is 0 Å². The van der Waals surface area contributed by atoms with E-state index in [2.05, 4.69) is 4.72 Å². The molecule has 0 saturated carbocycles. The van der Waals surface area contributed by atoms with Crippen molar-refractivity contribution < 1.29 is 37.3 Å². The third-order valence-electron chi connectivity index (χ3n) is 6.28. The number of aliphatic hydroxyl groups excluding tert-OH is 1. The van der Waals surface area contributed by atoms with Crippen LogP contribution in [0.15, 0.2) is 65.6 Å². The minimum atomic E-state index is -3.88. The summed E-state index contributed by atoms with van der Waals surface area (Å²) in [5.74, 6) is -1.55. The lowest BCUT2D eigenvalue weighted by Gasteiger charge is -2.31. The molecule has 0 saturated heterocycles. The molecule has 1 aromatic carbocycles. The summed E-state index contributed by atoms with van der Waals surface area (Å²) in [5, 5.41) is 10.2. The van der Waals surface area contributed by atoms with E-state index in [9.17, 15) is 23.1 Å². The Balaban J connectivity index is 1.77. The zero-order chi connectivity index (χ0) is 27.0. The molecule has 2 aliphatic heterocycles. The SMILES string of the molecule is Cc1ccc(S(=O)(=O)N[C@@H]2COC(=O)CC=C[C@@H](C)[C@@H]3C=C[C@H](O)[C@@H](COC(=O)CC=C[C@H]2C)O3)cc1. The highest BCUT2D eigenvalue weighted by Gasteiger charge is 2.29. The molecule has 9 nitrogen and oxygen atoms in total. The lowest BCUT2D eigenvalue weighted by molar-refractivity contribution is -0.153. The van der Waals surface area contributed by atoms with E-state index in [0.717, 1.165) is 5.56 Å². The smallest absolute Gasteiger partial charge is 0.309 e. The number of benzene rings is 1. The van der Waals surface area contributed by atoms with Crippen molar-refractivity contribution in [2.45, 2.75) is 62.9 Å². The van der Waals surface area contributed by atoms with Crippen LogP contribution in [0.3, 0.4) is 0 Å². The summed E-state index contributed by atoms with van der Waals surface area (Å²) in [6, 6.07) is 5.66. The topological polar surface area (TPSA) is 128 Å².